The second kappa shape index (κ2) is 10.0. The van der Waals surface area contributed by atoms with Crippen LogP contribution >= 0.6 is 0 Å². The van der Waals surface area contributed by atoms with Gasteiger partial charge < -0.3 is 0 Å². The summed E-state index contributed by atoms with van der Waals surface area (Å²) in [6.45, 7) is 5.20. The van der Waals surface area contributed by atoms with Crippen LogP contribution in [0.5, 0.6) is 0 Å². The number of hydrogen-bond donors (Lipinski definition) is 0. The van der Waals surface area contributed by atoms with Gasteiger partial charge in [-0.2, -0.15) is 0 Å². The van der Waals surface area contributed by atoms with E-state index < -0.39 is 0 Å². The SMILES string of the molecule is Fc1ccc(C(c2nnnn2Cc2ccccc2)N2CCN(Cc3ccccc3)CC2)cc1. The molecule has 0 aliphatic carbocycles. The van der Waals surface area contributed by atoms with Crippen LogP contribution in [0.15, 0.2) is 84.9 Å². The second-order valence-electron chi connectivity index (χ2n) is 8.43. The lowest BCUT2D eigenvalue weighted by Gasteiger charge is -2.39. The molecule has 7 heteroatoms. The van der Waals surface area contributed by atoms with Crippen molar-refractivity contribution < 1.29 is 4.39 Å². The van der Waals surface area contributed by atoms with E-state index in [1.807, 2.05) is 41.1 Å². The van der Waals surface area contributed by atoms with Gasteiger partial charge in [0, 0.05) is 32.7 Å². The van der Waals surface area contributed by atoms with Gasteiger partial charge in [0.1, 0.15) is 5.82 Å². The van der Waals surface area contributed by atoms with E-state index in [0.29, 0.717) is 6.54 Å². The zero-order valence-electron chi connectivity index (χ0n) is 18.5. The van der Waals surface area contributed by atoms with Gasteiger partial charge in [0.2, 0.25) is 0 Å². The molecule has 1 aliphatic heterocycles. The topological polar surface area (TPSA) is 50.1 Å². The van der Waals surface area contributed by atoms with Crippen LogP contribution in [0.4, 0.5) is 4.39 Å². The molecule has 0 saturated carbocycles. The maximum absolute atomic E-state index is 13.7. The van der Waals surface area contributed by atoms with Crippen molar-refractivity contribution in [1.29, 1.82) is 0 Å². The Morgan fingerprint density at radius 2 is 1.33 bits per heavy atom. The zero-order valence-corrected chi connectivity index (χ0v) is 18.5. The fourth-order valence-electron chi connectivity index (χ4n) is 4.47. The Labute approximate surface area is 193 Å². The Bertz CT molecular complexity index is 1140. The van der Waals surface area contributed by atoms with Gasteiger partial charge in [0.25, 0.3) is 0 Å². The molecule has 1 atom stereocenters. The van der Waals surface area contributed by atoms with E-state index in [9.17, 15) is 4.39 Å². The number of halogens is 1. The molecule has 5 rings (SSSR count). The van der Waals surface area contributed by atoms with Gasteiger partial charge in [0.15, 0.2) is 5.82 Å². The molecule has 1 aliphatic rings. The summed E-state index contributed by atoms with van der Waals surface area (Å²) in [5.74, 6) is 0.538. The quantitative estimate of drug-likeness (QED) is 0.436. The molecule has 1 unspecified atom stereocenters. The Balaban J connectivity index is 1.38. The van der Waals surface area contributed by atoms with E-state index in [4.69, 9.17) is 0 Å². The van der Waals surface area contributed by atoms with Crippen LogP contribution in [0, 0.1) is 5.82 Å². The molecule has 3 aromatic carbocycles. The van der Waals surface area contributed by atoms with Gasteiger partial charge in [-0.3, -0.25) is 9.80 Å². The smallest absolute Gasteiger partial charge is 0.173 e. The number of hydrogen-bond acceptors (Lipinski definition) is 5. The third-order valence-electron chi connectivity index (χ3n) is 6.19. The van der Waals surface area contributed by atoms with Crippen LogP contribution in [0.1, 0.15) is 28.6 Å². The molecule has 1 fully saturated rings. The first-order chi connectivity index (χ1) is 16.3. The molecule has 2 heterocycles. The Kier molecular flexibility index (Phi) is 6.51. The van der Waals surface area contributed by atoms with Crippen LogP contribution in [-0.2, 0) is 13.1 Å². The lowest BCUT2D eigenvalue weighted by molar-refractivity contribution is 0.100. The molecule has 0 N–H and O–H groups in total. The van der Waals surface area contributed by atoms with Gasteiger partial charge in [-0.15, -0.1) is 5.10 Å². The average Bonchev–Trinajstić information content (AvgIpc) is 3.30. The molecule has 0 bridgehead atoms. The van der Waals surface area contributed by atoms with E-state index in [-0.39, 0.29) is 11.9 Å². The molecule has 0 spiro atoms. The van der Waals surface area contributed by atoms with Crippen molar-refractivity contribution in [1.82, 2.24) is 30.0 Å². The number of benzene rings is 3. The molecule has 1 saturated heterocycles. The molecule has 0 amide bonds. The summed E-state index contributed by atoms with van der Waals surface area (Å²) in [7, 11) is 0. The van der Waals surface area contributed by atoms with Crippen LogP contribution in [0.3, 0.4) is 0 Å². The lowest BCUT2D eigenvalue weighted by Crippen LogP contribution is -2.48. The van der Waals surface area contributed by atoms with Crippen molar-refractivity contribution in [2.24, 2.45) is 0 Å². The first kappa shape index (κ1) is 21.4. The summed E-state index contributed by atoms with van der Waals surface area (Å²) >= 11 is 0. The lowest BCUT2D eigenvalue weighted by atomic mass is 10.0. The second-order valence-corrected chi connectivity index (χ2v) is 8.43. The molecular weight excluding hydrogens is 415 g/mol. The molecule has 4 aromatic rings. The molecular formula is C26H27FN6. The Morgan fingerprint density at radius 1 is 0.727 bits per heavy atom. The van der Waals surface area contributed by atoms with Crippen molar-refractivity contribution in [3.63, 3.8) is 0 Å². The summed E-state index contributed by atoms with van der Waals surface area (Å²) in [6.07, 6.45) is 0. The highest BCUT2D eigenvalue weighted by Crippen LogP contribution is 2.29. The first-order valence-electron chi connectivity index (χ1n) is 11.3. The number of tetrazole rings is 1. The van der Waals surface area contributed by atoms with Crippen LogP contribution in [-0.4, -0.2) is 56.2 Å². The summed E-state index contributed by atoms with van der Waals surface area (Å²) < 4.78 is 15.6. The number of aromatic nitrogens is 4. The van der Waals surface area contributed by atoms with Gasteiger partial charge in [-0.1, -0.05) is 72.8 Å². The Hall–Kier alpha value is -3.42. The minimum Gasteiger partial charge on any atom is -0.297 e. The van der Waals surface area contributed by atoms with Crippen molar-refractivity contribution in [2.45, 2.75) is 19.1 Å². The summed E-state index contributed by atoms with van der Waals surface area (Å²) in [4.78, 5) is 4.88. The van der Waals surface area contributed by atoms with Gasteiger partial charge >= 0.3 is 0 Å². The number of piperazine rings is 1. The summed E-state index contributed by atoms with van der Waals surface area (Å²) in [5.41, 5.74) is 3.46. The highest BCUT2D eigenvalue weighted by Gasteiger charge is 2.30. The molecule has 6 nitrogen and oxygen atoms in total. The summed E-state index contributed by atoms with van der Waals surface area (Å²) in [6, 6.07) is 27.3. The van der Waals surface area contributed by atoms with Crippen molar-refractivity contribution in [3.05, 3.63) is 113 Å². The van der Waals surface area contributed by atoms with Crippen LogP contribution in [0.2, 0.25) is 0 Å². The maximum atomic E-state index is 13.7. The molecule has 168 valence electrons. The van der Waals surface area contributed by atoms with Crippen molar-refractivity contribution in [3.8, 4) is 0 Å². The van der Waals surface area contributed by atoms with E-state index in [1.165, 1.54) is 17.7 Å². The first-order valence-corrected chi connectivity index (χ1v) is 11.3. The highest BCUT2D eigenvalue weighted by molar-refractivity contribution is 5.26. The van der Waals surface area contributed by atoms with Crippen molar-refractivity contribution in [2.75, 3.05) is 26.2 Å². The molecule has 0 radical (unpaired) electrons. The average molecular weight is 443 g/mol. The third-order valence-corrected chi connectivity index (χ3v) is 6.19. The Morgan fingerprint density at radius 3 is 1.97 bits per heavy atom. The van der Waals surface area contributed by atoms with Gasteiger partial charge in [0.05, 0.1) is 12.6 Å². The number of rotatable bonds is 7. The van der Waals surface area contributed by atoms with E-state index in [2.05, 4.69) is 61.7 Å². The minimum absolute atomic E-state index is 0.136. The van der Waals surface area contributed by atoms with E-state index >= 15 is 0 Å². The minimum atomic E-state index is -0.242. The largest absolute Gasteiger partial charge is 0.297 e. The van der Waals surface area contributed by atoms with Crippen molar-refractivity contribution >= 4 is 0 Å². The fraction of sp³-hybridized carbons (Fsp3) is 0.269. The monoisotopic (exact) mass is 442 g/mol. The molecule has 33 heavy (non-hydrogen) atoms. The van der Waals surface area contributed by atoms with Gasteiger partial charge in [-0.25, -0.2) is 9.07 Å². The summed E-state index contributed by atoms with van der Waals surface area (Å²) in [5, 5.41) is 12.7. The van der Waals surface area contributed by atoms with Crippen LogP contribution in [0.25, 0.3) is 0 Å². The zero-order chi connectivity index (χ0) is 22.5. The maximum Gasteiger partial charge on any atom is 0.173 e. The third kappa shape index (κ3) is 5.16. The van der Waals surface area contributed by atoms with Gasteiger partial charge in [-0.05, 0) is 39.2 Å². The van der Waals surface area contributed by atoms with Crippen LogP contribution < -0.4 is 0 Å². The highest BCUT2D eigenvalue weighted by atomic mass is 19.1. The van der Waals surface area contributed by atoms with E-state index in [1.54, 1.807) is 0 Å². The predicted octanol–water partition coefficient (Wildman–Crippen LogP) is 3.77. The predicted molar refractivity (Wildman–Crippen MR) is 125 cm³/mol. The molecule has 1 aromatic heterocycles. The normalized spacial score (nSPS) is 16.0. The standard InChI is InChI=1S/C26H27FN6/c27-24-13-11-23(12-14-24)25(26-28-29-30-33(26)20-22-9-5-2-6-10-22)32-17-15-31(16-18-32)19-21-7-3-1-4-8-21/h1-14,25H,15-20H2. The number of nitrogens with zero attached hydrogens (tertiary/aromatic N) is 6. The van der Waals surface area contributed by atoms with E-state index in [0.717, 1.165) is 49.7 Å². The fourth-order valence-corrected chi connectivity index (χ4v) is 4.47.